The van der Waals surface area contributed by atoms with E-state index in [-0.39, 0.29) is 11.8 Å². The highest BCUT2D eigenvalue weighted by Crippen LogP contribution is 2.53. The van der Waals surface area contributed by atoms with Crippen LogP contribution in [-0.4, -0.2) is 17.5 Å². The quantitative estimate of drug-likeness (QED) is 0.663. The average Bonchev–Trinajstić information content (AvgIpc) is 3.22. The van der Waals surface area contributed by atoms with Crippen LogP contribution in [0.2, 0.25) is 0 Å². The van der Waals surface area contributed by atoms with Gasteiger partial charge in [-0.2, -0.15) is 0 Å². The van der Waals surface area contributed by atoms with Crippen molar-refractivity contribution in [1.82, 2.24) is 4.57 Å². The number of hydrogen-bond donors (Lipinski definition) is 0. The molecule has 2 aromatic carbocycles. The molecule has 0 fully saturated rings. The molecule has 0 radical (unpaired) electrons. The van der Waals surface area contributed by atoms with Gasteiger partial charge in [-0.25, -0.2) is 0 Å². The van der Waals surface area contributed by atoms with Gasteiger partial charge in [0.25, 0.3) is 5.91 Å². The molecule has 0 saturated heterocycles. The van der Waals surface area contributed by atoms with Crippen LogP contribution in [-0.2, 0) is 10.3 Å². The van der Waals surface area contributed by atoms with Gasteiger partial charge in [-0.05, 0) is 29.8 Å². The number of anilines is 1. The molecule has 1 aromatic heterocycles. The Bertz CT molecular complexity index is 1000. The van der Waals surface area contributed by atoms with E-state index in [1.807, 2.05) is 55.7 Å². The van der Waals surface area contributed by atoms with Crippen LogP contribution >= 0.6 is 0 Å². The second-order valence-corrected chi connectivity index (χ2v) is 6.70. The molecule has 25 heavy (non-hydrogen) atoms. The maximum absolute atomic E-state index is 13.7. The number of rotatable bonds is 1. The van der Waals surface area contributed by atoms with Crippen molar-refractivity contribution >= 4 is 17.7 Å². The van der Waals surface area contributed by atoms with Crippen LogP contribution in [0.4, 0.5) is 5.69 Å². The maximum Gasteiger partial charge on any atom is 0.258 e. The van der Waals surface area contributed by atoms with Crippen LogP contribution in [0.5, 0.6) is 0 Å². The van der Waals surface area contributed by atoms with Gasteiger partial charge in [0.05, 0.1) is 0 Å². The number of para-hydroxylation sites is 1. The number of likely N-dealkylation sites (N-methyl/N-ethyl adjacent to an activating group) is 1. The highest BCUT2D eigenvalue weighted by Gasteiger charge is 2.57. The summed E-state index contributed by atoms with van der Waals surface area (Å²) < 4.78 is 2.15. The molecule has 3 heteroatoms. The van der Waals surface area contributed by atoms with Crippen molar-refractivity contribution in [3.63, 3.8) is 0 Å². The second kappa shape index (κ2) is 4.96. The Balaban J connectivity index is 1.87. The number of amides is 1. The Morgan fingerprint density at radius 3 is 2.52 bits per heavy atom. The number of allylic oxidation sites excluding steroid dienone is 1. The fourth-order valence-corrected chi connectivity index (χ4v) is 4.45. The number of carbonyl (C=O) groups excluding carboxylic acids is 1. The predicted octanol–water partition coefficient (Wildman–Crippen LogP) is 4.02. The van der Waals surface area contributed by atoms with Gasteiger partial charge >= 0.3 is 0 Å². The molecule has 5 rings (SSSR count). The molecule has 2 atom stereocenters. The Kier molecular flexibility index (Phi) is 2.84. The lowest BCUT2D eigenvalue weighted by atomic mass is 9.73. The standard InChI is InChI=1S/C22H18N2O/c1-23-20-12-6-5-11-19(20)22(21(23)25)18(16-8-3-2-4-9-16)14-13-17-10-7-15-24(17)22/h2-15,18H,1H3/t18-,22+/m0/s1. The number of nitrogens with zero attached hydrogens (tertiary/aromatic N) is 2. The van der Waals surface area contributed by atoms with Crippen molar-refractivity contribution < 1.29 is 4.79 Å². The first-order valence-electron chi connectivity index (χ1n) is 8.53. The van der Waals surface area contributed by atoms with Crippen molar-refractivity contribution in [2.75, 3.05) is 11.9 Å². The lowest BCUT2D eigenvalue weighted by molar-refractivity contribution is -0.124. The molecule has 0 N–H and O–H groups in total. The second-order valence-electron chi connectivity index (χ2n) is 6.70. The van der Waals surface area contributed by atoms with Crippen LogP contribution in [0.3, 0.4) is 0 Å². The summed E-state index contributed by atoms with van der Waals surface area (Å²) in [5.74, 6) is 0.0663. The van der Waals surface area contributed by atoms with Crippen LogP contribution < -0.4 is 4.90 Å². The van der Waals surface area contributed by atoms with E-state index in [4.69, 9.17) is 0 Å². The third-order valence-corrected chi connectivity index (χ3v) is 5.54. The summed E-state index contributed by atoms with van der Waals surface area (Å²) in [4.78, 5) is 15.5. The normalized spacial score (nSPS) is 23.8. The number of hydrogen-bond acceptors (Lipinski definition) is 1. The molecule has 2 aliphatic rings. The number of benzene rings is 2. The van der Waals surface area contributed by atoms with Crippen LogP contribution in [0.15, 0.2) is 79.0 Å². The molecule has 0 unspecified atom stereocenters. The molecule has 2 aliphatic heterocycles. The molecule has 3 aromatic rings. The number of carbonyl (C=O) groups is 1. The summed E-state index contributed by atoms with van der Waals surface area (Å²) in [7, 11) is 1.87. The summed E-state index contributed by atoms with van der Waals surface area (Å²) in [6.45, 7) is 0. The molecule has 0 bridgehead atoms. The van der Waals surface area contributed by atoms with Gasteiger partial charge in [0.15, 0.2) is 5.54 Å². The summed E-state index contributed by atoms with van der Waals surface area (Å²) in [5.41, 5.74) is 3.50. The van der Waals surface area contributed by atoms with Crippen molar-refractivity contribution in [1.29, 1.82) is 0 Å². The third-order valence-electron chi connectivity index (χ3n) is 5.54. The molecular weight excluding hydrogens is 308 g/mol. The van der Waals surface area contributed by atoms with E-state index < -0.39 is 5.54 Å². The van der Waals surface area contributed by atoms with Crippen molar-refractivity contribution in [2.45, 2.75) is 11.5 Å². The zero-order valence-corrected chi connectivity index (χ0v) is 14.0. The molecule has 0 aliphatic carbocycles. The zero-order chi connectivity index (χ0) is 17.0. The zero-order valence-electron chi connectivity index (χ0n) is 14.0. The van der Waals surface area contributed by atoms with E-state index in [9.17, 15) is 4.79 Å². The van der Waals surface area contributed by atoms with Gasteiger partial charge in [0.2, 0.25) is 0 Å². The molecule has 1 spiro atoms. The van der Waals surface area contributed by atoms with Crippen LogP contribution in [0.1, 0.15) is 22.7 Å². The van der Waals surface area contributed by atoms with Crippen molar-refractivity contribution in [3.05, 3.63) is 95.8 Å². The third kappa shape index (κ3) is 1.67. The van der Waals surface area contributed by atoms with E-state index in [2.05, 4.69) is 41.0 Å². The molecular formula is C22H18N2O. The topological polar surface area (TPSA) is 25.2 Å². The maximum atomic E-state index is 13.7. The molecule has 122 valence electrons. The smallest absolute Gasteiger partial charge is 0.258 e. The fraction of sp³-hybridized carbons (Fsp3) is 0.136. The van der Waals surface area contributed by atoms with Crippen LogP contribution in [0.25, 0.3) is 6.08 Å². The van der Waals surface area contributed by atoms with Gasteiger partial charge in [0, 0.05) is 36.1 Å². The highest BCUT2D eigenvalue weighted by atomic mass is 16.2. The first-order valence-corrected chi connectivity index (χ1v) is 8.53. The predicted molar refractivity (Wildman–Crippen MR) is 99.6 cm³/mol. The first-order chi connectivity index (χ1) is 12.2. The lowest BCUT2D eigenvalue weighted by Gasteiger charge is -2.40. The van der Waals surface area contributed by atoms with E-state index in [0.29, 0.717) is 0 Å². The lowest BCUT2D eigenvalue weighted by Crippen LogP contribution is -2.50. The Hall–Kier alpha value is -3.07. The summed E-state index contributed by atoms with van der Waals surface area (Å²) >= 11 is 0. The van der Waals surface area contributed by atoms with Crippen molar-refractivity contribution in [3.8, 4) is 0 Å². The van der Waals surface area contributed by atoms with Gasteiger partial charge < -0.3 is 9.47 Å². The minimum Gasteiger partial charge on any atom is -0.328 e. The number of aromatic nitrogens is 1. The van der Waals surface area contributed by atoms with Gasteiger partial charge in [-0.1, -0.05) is 54.6 Å². The molecule has 0 saturated carbocycles. The SMILES string of the molecule is CN1C(=O)[C@]2(c3ccccc31)[C@H](c1ccccc1)C=Cc1cccn12. The Morgan fingerprint density at radius 2 is 1.68 bits per heavy atom. The minimum atomic E-state index is -0.764. The Morgan fingerprint density at radius 1 is 0.920 bits per heavy atom. The Labute approximate surface area is 146 Å². The van der Waals surface area contributed by atoms with Gasteiger partial charge in [-0.3, -0.25) is 4.79 Å². The number of fused-ring (bicyclic) bond motifs is 4. The average molecular weight is 326 g/mol. The monoisotopic (exact) mass is 326 g/mol. The van der Waals surface area contributed by atoms with Gasteiger partial charge in [-0.15, -0.1) is 0 Å². The van der Waals surface area contributed by atoms with E-state index >= 15 is 0 Å². The summed E-state index contributed by atoms with van der Waals surface area (Å²) in [5, 5.41) is 0. The molecule has 1 amide bonds. The van der Waals surface area contributed by atoms with E-state index in [0.717, 1.165) is 22.5 Å². The van der Waals surface area contributed by atoms with Crippen LogP contribution in [0, 0.1) is 0 Å². The molecule has 3 heterocycles. The van der Waals surface area contributed by atoms with E-state index in [1.54, 1.807) is 4.90 Å². The summed E-state index contributed by atoms with van der Waals surface area (Å²) in [6, 6.07) is 22.5. The largest absolute Gasteiger partial charge is 0.328 e. The summed E-state index contributed by atoms with van der Waals surface area (Å²) in [6.07, 6.45) is 6.33. The van der Waals surface area contributed by atoms with E-state index in [1.165, 1.54) is 0 Å². The molecule has 3 nitrogen and oxygen atoms in total. The first kappa shape index (κ1) is 14.3. The van der Waals surface area contributed by atoms with Gasteiger partial charge in [0.1, 0.15) is 0 Å². The fourth-order valence-electron chi connectivity index (χ4n) is 4.45. The van der Waals surface area contributed by atoms with Crippen molar-refractivity contribution in [2.24, 2.45) is 0 Å². The highest BCUT2D eigenvalue weighted by molar-refractivity contribution is 6.09. The minimum absolute atomic E-state index is 0.0489.